The van der Waals surface area contributed by atoms with Gasteiger partial charge >= 0.3 is 6.09 Å². The van der Waals surface area contributed by atoms with Gasteiger partial charge in [-0.2, -0.15) is 0 Å². The number of nitrogens with one attached hydrogen (secondary N) is 1. The molecule has 112 valence electrons. The van der Waals surface area contributed by atoms with Crippen molar-refractivity contribution in [2.75, 3.05) is 19.4 Å². The van der Waals surface area contributed by atoms with E-state index in [1.54, 1.807) is 32.9 Å². The molecule has 0 unspecified atom stereocenters. The van der Waals surface area contributed by atoms with Gasteiger partial charge in [-0.3, -0.25) is 5.32 Å². The molecule has 1 aromatic rings. The zero-order valence-corrected chi connectivity index (χ0v) is 13.0. The van der Waals surface area contributed by atoms with Gasteiger partial charge in [0.15, 0.2) is 0 Å². The van der Waals surface area contributed by atoms with Gasteiger partial charge in [0.25, 0.3) is 0 Å². The zero-order chi connectivity index (χ0) is 15.5. The monoisotopic (exact) mass is 282 g/mol. The highest BCUT2D eigenvalue weighted by Crippen LogP contribution is 2.23. The molecule has 1 atom stereocenters. The summed E-state index contributed by atoms with van der Waals surface area (Å²) in [4.78, 5) is 13.6. The molecule has 5 heteroatoms. The summed E-state index contributed by atoms with van der Waals surface area (Å²) in [6.45, 7) is 7.25. The highest BCUT2D eigenvalue weighted by atomic mass is 19.1. The van der Waals surface area contributed by atoms with Crippen LogP contribution in [0, 0.1) is 5.82 Å². The van der Waals surface area contributed by atoms with Crippen LogP contribution in [0.15, 0.2) is 18.2 Å². The second-order valence-electron chi connectivity index (χ2n) is 6.01. The maximum absolute atomic E-state index is 14.0. The van der Waals surface area contributed by atoms with Crippen molar-refractivity contribution in [3.8, 4) is 0 Å². The third-order valence-corrected chi connectivity index (χ3v) is 2.89. The molecule has 0 bridgehead atoms. The first kappa shape index (κ1) is 16.4. The van der Waals surface area contributed by atoms with Crippen LogP contribution in [0.4, 0.5) is 14.9 Å². The van der Waals surface area contributed by atoms with E-state index in [1.807, 2.05) is 25.9 Å². The Morgan fingerprint density at radius 1 is 1.35 bits per heavy atom. The number of anilines is 1. The smallest absolute Gasteiger partial charge is 0.412 e. The number of carbonyl (C=O) groups is 1. The molecule has 0 saturated heterocycles. The number of amides is 1. The van der Waals surface area contributed by atoms with E-state index in [0.717, 1.165) is 5.56 Å². The van der Waals surface area contributed by atoms with Crippen LogP contribution in [0.3, 0.4) is 0 Å². The SMILES string of the molecule is C[C@@H](c1ccc(NC(=O)OC(C)(C)C)c(F)c1)N(C)C. The van der Waals surface area contributed by atoms with Gasteiger partial charge in [0.1, 0.15) is 11.4 Å². The minimum Gasteiger partial charge on any atom is -0.444 e. The molecule has 0 heterocycles. The van der Waals surface area contributed by atoms with Crippen LogP contribution in [0.1, 0.15) is 39.3 Å². The average Bonchev–Trinajstić information content (AvgIpc) is 2.28. The van der Waals surface area contributed by atoms with E-state index in [2.05, 4.69) is 5.32 Å². The van der Waals surface area contributed by atoms with Crippen molar-refractivity contribution in [3.05, 3.63) is 29.6 Å². The predicted molar refractivity (Wildman–Crippen MR) is 78.4 cm³/mol. The Bertz CT molecular complexity index is 481. The maximum Gasteiger partial charge on any atom is 0.412 e. The fraction of sp³-hybridized carbons (Fsp3) is 0.533. The number of carbonyl (C=O) groups excluding carboxylic acids is 1. The number of nitrogens with zero attached hydrogens (tertiary/aromatic N) is 1. The summed E-state index contributed by atoms with van der Waals surface area (Å²) in [5.74, 6) is -0.470. The van der Waals surface area contributed by atoms with E-state index in [0.29, 0.717) is 0 Å². The van der Waals surface area contributed by atoms with E-state index in [1.165, 1.54) is 6.07 Å². The molecule has 1 aromatic carbocycles. The molecule has 0 aliphatic heterocycles. The lowest BCUT2D eigenvalue weighted by Gasteiger charge is -2.21. The highest BCUT2D eigenvalue weighted by molar-refractivity contribution is 5.85. The van der Waals surface area contributed by atoms with Gasteiger partial charge in [0.2, 0.25) is 0 Å². The molecule has 0 saturated carbocycles. The second kappa shape index (κ2) is 6.22. The number of rotatable bonds is 3. The van der Waals surface area contributed by atoms with Crippen LogP contribution in [0.25, 0.3) is 0 Å². The first-order valence-corrected chi connectivity index (χ1v) is 6.56. The van der Waals surface area contributed by atoms with Crippen molar-refractivity contribution in [2.24, 2.45) is 0 Å². The third-order valence-electron chi connectivity index (χ3n) is 2.89. The summed E-state index contributed by atoms with van der Waals surface area (Å²) < 4.78 is 19.1. The van der Waals surface area contributed by atoms with Crippen LogP contribution < -0.4 is 5.32 Å². The van der Waals surface area contributed by atoms with Gasteiger partial charge in [0, 0.05) is 6.04 Å². The molecular formula is C15H23FN2O2. The topological polar surface area (TPSA) is 41.6 Å². The van der Waals surface area contributed by atoms with Crippen molar-refractivity contribution in [3.63, 3.8) is 0 Å². The second-order valence-corrected chi connectivity index (χ2v) is 6.01. The molecule has 0 radical (unpaired) electrons. The molecule has 1 amide bonds. The highest BCUT2D eigenvalue weighted by Gasteiger charge is 2.18. The normalized spacial score (nSPS) is 13.2. The Balaban J connectivity index is 2.81. The van der Waals surface area contributed by atoms with E-state index < -0.39 is 17.5 Å². The number of hydrogen-bond acceptors (Lipinski definition) is 3. The summed E-state index contributed by atoms with van der Waals surface area (Å²) in [5, 5.41) is 2.41. The van der Waals surface area contributed by atoms with Gasteiger partial charge < -0.3 is 9.64 Å². The lowest BCUT2D eigenvalue weighted by atomic mass is 10.1. The van der Waals surface area contributed by atoms with E-state index in [-0.39, 0.29) is 11.7 Å². The Morgan fingerprint density at radius 3 is 2.40 bits per heavy atom. The van der Waals surface area contributed by atoms with Crippen LogP contribution in [-0.4, -0.2) is 30.7 Å². The predicted octanol–water partition coefficient (Wildman–Crippen LogP) is 3.80. The first-order chi connectivity index (χ1) is 9.10. The van der Waals surface area contributed by atoms with Gasteiger partial charge in [-0.05, 0) is 59.5 Å². The van der Waals surface area contributed by atoms with E-state index >= 15 is 0 Å². The summed E-state index contributed by atoms with van der Waals surface area (Å²) in [6, 6.07) is 4.87. The van der Waals surface area contributed by atoms with Crippen molar-refractivity contribution in [1.82, 2.24) is 4.90 Å². The number of ether oxygens (including phenoxy) is 1. The number of halogens is 1. The van der Waals surface area contributed by atoms with Crippen LogP contribution in [0.5, 0.6) is 0 Å². The minimum absolute atomic E-state index is 0.0973. The molecule has 0 fully saturated rings. The molecular weight excluding hydrogens is 259 g/mol. The summed E-state index contributed by atoms with van der Waals surface area (Å²) in [7, 11) is 3.85. The van der Waals surface area contributed by atoms with Gasteiger partial charge in [-0.25, -0.2) is 9.18 Å². The lowest BCUT2D eigenvalue weighted by molar-refractivity contribution is 0.0635. The largest absolute Gasteiger partial charge is 0.444 e. The van der Waals surface area contributed by atoms with Gasteiger partial charge in [0.05, 0.1) is 5.69 Å². The van der Waals surface area contributed by atoms with Crippen LogP contribution in [-0.2, 0) is 4.74 Å². The minimum atomic E-state index is -0.662. The summed E-state index contributed by atoms with van der Waals surface area (Å²) in [5.41, 5.74) is 0.358. The number of hydrogen-bond donors (Lipinski definition) is 1. The lowest BCUT2D eigenvalue weighted by Crippen LogP contribution is -2.27. The molecule has 0 aliphatic rings. The number of benzene rings is 1. The molecule has 0 aliphatic carbocycles. The Labute approximate surface area is 119 Å². The van der Waals surface area contributed by atoms with Crippen molar-refractivity contribution < 1.29 is 13.9 Å². The van der Waals surface area contributed by atoms with Crippen molar-refractivity contribution in [1.29, 1.82) is 0 Å². The summed E-state index contributed by atoms with van der Waals surface area (Å²) in [6.07, 6.45) is -0.662. The van der Waals surface area contributed by atoms with Crippen LogP contribution >= 0.6 is 0 Å². The van der Waals surface area contributed by atoms with Gasteiger partial charge in [-0.1, -0.05) is 6.07 Å². The Morgan fingerprint density at radius 2 is 1.95 bits per heavy atom. The molecule has 0 aromatic heterocycles. The third kappa shape index (κ3) is 4.81. The first-order valence-electron chi connectivity index (χ1n) is 6.56. The van der Waals surface area contributed by atoms with E-state index in [9.17, 15) is 9.18 Å². The van der Waals surface area contributed by atoms with Gasteiger partial charge in [-0.15, -0.1) is 0 Å². The average molecular weight is 282 g/mol. The van der Waals surface area contributed by atoms with Crippen molar-refractivity contribution in [2.45, 2.75) is 39.3 Å². The Kier molecular flexibility index (Phi) is 5.11. The zero-order valence-electron chi connectivity index (χ0n) is 13.0. The van der Waals surface area contributed by atoms with Crippen molar-refractivity contribution >= 4 is 11.8 Å². The Hall–Kier alpha value is -1.62. The van der Waals surface area contributed by atoms with E-state index in [4.69, 9.17) is 4.74 Å². The maximum atomic E-state index is 14.0. The summed E-state index contributed by atoms with van der Waals surface area (Å²) >= 11 is 0. The molecule has 1 N–H and O–H groups in total. The van der Waals surface area contributed by atoms with Crippen LogP contribution in [0.2, 0.25) is 0 Å². The fourth-order valence-corrected chi connectivity index (χ4v) is 1.60. The molecule has 20 heavy (non-hydrogen) atoms. The quantitative estimate of drug-likeness (QED) is 0.917. The molecule has 4 nitrogen and oxygen atoms in total. The standard InChI is InChI=1S/C15H23FN2O2/c1-10(18(5)6)11-7-8-13(12(16)9-11)17-14(19)20-15(2,3)4/h7-10H,1-6H3,(H,17,19)/t10-/m0/s1. The fourth-order valence-electron chi connectivity index (χ4n) is 1.60. The molecule has 0 spiro atoms. The molecule has 1 rings (SSSR count).